The molecule has 2 aliphatic rings. The van der Waals surface area contributed by atoms with E-state index in [4.69, 9.17) is 4.74 Å². The van der Waals surface area contributed by atoms with Crippen LogP contribution in [0.3, 0.4) is 0 Å². The fourth-order valence-electron chi connectivity index (χ4n) is 3.82. The summed E-state index contributed by atoms with van der Waals surface area (Å²) in [6.07, 6.45) is 4.03. The van der Waals surface area contributed by atoms with Crippen molar-refractivity contribution in [3.63, 3.8) is 0 Å². The molecule has 5 amide bonds. The van der Waals surface area contributed by atoms with E-state index in [1.807, 2.05) is 6.92 Å². The molecule has 1 aliphatic heterocycles. The summed E-state index contributed by atoms with van der Waals surface area (Å²) in [4.78, 5) is 61.8. The van der Waals surface area contributed by atoms with Crippen LogP contribution in [0.2, 0.25) is 0 Å². The van der Waals surface area contributed by atoms with E-state index in [1.165, 1.54) is 19.1 Å². The lowest BCUT2D eigenvalue weighted by atomic mass is 9.86. The third-order valence-corrected chi connectivity index (χ3v) is 5.58. The fraction of sp³-hybridized carbons (Fsp3) is 0.476. The van der Waals surface area contributed by atoms with E-state index in [0.29, 0.717) is 5.92 Å². The quantitative estimate of drug-likeness (QED) is 0.557. The molecule has 160 valence electrons. The fourth-order valence-corrected chi connectivity index (χ4v) is 3.82. The topological polar surface area (TPSA) is 122 Å². The number of imide groups is 2. The summed E-state index contributed by atoms with van der Waals surface area (Å²) < 4.78 is 4.91. The zero-order valence-electron chi connectivity index (χ0n) is 17.0. The maximum Gasteiger partial charge on any atom is 0.329 e. The number of nitrogens with one attached hydrogen (secondary N) is 2. The van der Waals surface area contributed by atoms with Crippen molar-refractivity contribution in [2.45, 2.75) is 51.6 Å². The van der Waals surface area contributed by atoms with E-state index in [1.54, 1.807) is 12.1 Å². The van der Waals surface area contributed by atoms with Crippen molar-refractivity contribution in [3.8, 4) is 0 Å². The summed E-state index contributed by atoms with van der Waals surface area (Å²) >= 11 is 0. The number of fused-ring (bicyclic) bond motifs is 1. The molecule has 0 aromatic heterocycles. The van der Waals surface area contributed by atoms with Crippen molar-refractivity contribution in [1.29, 1.82) is 0 Å². The van der Waals surface area contributed by atoms with Crippen molar-refractivity contribution in [3.05, 3.63) is 35.4 Å². The minimum atomic E-state index is -1.21. The van der Waals surface area contributed by atoms with Gasteiger partial charge in [0.25, 0.3) is 17.7 Å². The summed E-state index contributed by atoms with van der Waals surface area (Å²) in [5.41, 5.74) is 0.432. The number of carbonyl (C=O) groups is 5. The van der Waals surface area contributed by atoms with E-state index >= 15 is 0 Å². The lowest BCUT2D eigenvalue weighted by Crippen LogP contribution is -2.49. The van der Waals surface area contributed by atoms with E-state index in [9.17, 15) is 24.0 Å². The first-order valence-corrected chi connectivity index (χ1v) is 10.0. The standard InChI is InChI=1S/C21H25N3O6/c1-12-7-3-6-10-16(12)22-21(29)23-17(25)11-30-20(28)13(2)24-18(26)14-8-4-5-9-15(14)19(24)27/h4-5,8-9,12-13,16H,3,6-7,10-11H2,1-2H3,(H2,22,23,25,29)/t12-,13+,16-/m0/s1. The third-order valence-electron chi connectivity index (χ3n) is 5.58. The molecule has 0 radical (unpaired) electrons. The van der Waals surface area contributed by atoms with E-state index < -0.39 is 42.4 Å². The second-order valence-corrected chi connectivity index (χ2v) is 7.70. The predicted molar refractivity (Wildman–Crippen MR) is 105 cm³/mol. The van der Waals surface area contributed by atoms with Gasteiger partial charge in [0.1, 0.15) is 6.04 Å². The van der Waals surface area contributed by atoms with Gasteiger partial charge in [-0.05, 0) is 37.8 Å². The molecule has 30 heavy (non-hydrogen) atoms. The van der Waals surface area contributed by atoms with Gasteiger partial charge < -0.3 is 10.1 Å². The largest absolute Gasteiger partial charge is 0.454 e. The molecule has 3 atom stereocenters. The van der Waals surface area contributed by atoms with Crippen LogP contribution in [0.15, 0.2) is 24.3 Å². The van der Waals surface area contributed by atoms with Crippen LogP contribution in [0.1, 0.15) is 60.2 Å². The minimum absolute atomic E-state index is 0.00273. The van der Waals surface area contributed by atoms with Crippen molar-refractivity contribution < 1.29 is 28.7 Å². The molecule has 9 nitrogen and oxygen atoms in total. The monoisotopic (exact) mass is 415 g/mol. The molecule has 1 fully saturated rings. The Morgan fingerprint density at radius 1 is 1.10 bits per heavy atom. The molecule has 3 rings (SSSR count). The highest BCUT2D eigenvalue weighted by atomic mass is 16.5. The molecule has 1 heterocycles. The SMILES string of the molecule is C[C@H](C(=O)OCC(=O)NC(=O)N[C@H]1CCCC[C@@H]1C)N1C(=O)c2ccccc2C1=O. The number of esters is 1. The first-order valence-electron chi connectivity index (χ1n) is 10.0. The van der Waals surface area contributed by atoms with Crippen LogP contribution in [-0.4, -0.2) is 53.3 Å². The molecule has 2 N–H and O–H groups in total. The first-order chi connectivity index (χ1) is 14.3. The second kappa shape index (κ2) is 9.06. The lowest BCUT2D eigenvalue weighted by Gasteiger charge is -2.29. The molecular formula is C21H25N3O6. The van der Waals surface area contributed by atoms with Crippen LogP contribution in [0.4, 0.5) is 4.79 Å². The van der Waals surface area contributed by atoms with Crippen LogP contribution in [0, 0.1) is 5.92 Å². The Kier molecular flexibility index (Phi) is 6.49. The Morgan fingerprint density at radius 2 is 1.70 bits per heavy atom. The van der Waals surface area contributed by atoms with Crippen molar-refractivity contribution >= 4 is 29.7 Å². The lowest BCUT2D eigenvalue weighted by molar-refractivity contribution is -0.151. The van der Waals surface area contributed by atoms with Crippen molar-refractivity contribution in [1.82, 2.24) is 15.5 Å². The van der Waals surface area contributed by atoms with E-state index in [2.05, 4.69) is 10.6 Å². The Hall–Kier alpha value is -3.23. The molecule has 1 aromatic carbocycles. The van der Waals surface area contributed by atoms with Crippen LogP contribution >= 0.6 is 0 Å². The summed E-state index contributed by atoms with van der Waals surface area (Å²) in [7, 11) is 0. The smallest absolute Gasteiger partial charge is 0.329 e. The van der Waals surface area contributed by atoms with Gasteiger partial charge in [0, 0.05) is 6.04 Å². The molecular weight excluding hydrogens is 390 g/mol. The Balaban J connectivity index is 1.48. The number of nitrogens with zero attached hydrogens (tertiary/aromatic N) is 1. The molecule has 0 bridgehead atoms. The number of rotatable bonds is 5. The van der Waals surface area contributed by atoms with Gasteiger partial charge in [0.05, 0.1) is 11.1 Å². The number of urea groups is 1. The molecule has 1 aliphatic carbocycles. The highest BCUT2D eigenvalue weighted by Gasteiger charge is 2.41. The maximum atomic E-state index is 12.4. The number of amides is 5. The van der Waals surface area contributed by atoms with Gasteiger partial charge in [-0.25, -0.2) is 9.59 Å². The van der Waals surface area contributed by atoms with Crippen molar-refractivity contribution in [2.75, 3.05) is 6.61 Å². The van der Waals surface area contributed by atoms with Crippen LogP contribution in [0.25, 0.3) is 0 Å². The minimum Gasteiger partial charge on any atom is -0.454 e. The summed E-state index contributed by atoms with van der Waals surface area (Å²) in [5, 5.41) is 4.90. The molecule has 1 aromatic rings. The Morgan fingerprint density at radius 3 is 2.30 bits per heavy atom. The molecule has 0 saturated heterocycles. The van der Waals surface area contributed by atoms with Gasteiger partial charge in [-0.2, -0.15) is 0 Å². The summed E-state index contributed by atoms with van der Waals surface area (Å²) in [5.74, 6) is -2.56. The summed E-state index contributed by atoms with van der Waals surface area (Å²) in [6.45, 7) is 2.70. The number of hydrogen-bond donors (Lipinski definition) is 2. The van der Waals surface area contributed by atoms with Gasteiger partial charge in [0.15, 0.2) is 6.61 Å². The zero-order chi connectivity index (χ0) is 21.8. The number of benzene rings is 1. The third kappa shape index (κ3) is 4.50. The first kappa shape index (κ1) is 21.5. The van der Waals surface area contributed by atoms with Gasteiger partial charge >= 0.3 is 12.0 Å². The maximum absolute atomic E-state index is 12.4. The average Bonchev–Trinajstić information content (AvgIpc) is 2.98. The van der Waals surface area contributed by atoms with Crippen molar-refractivity contribution in [2.24, 2.45) is 5.92 Å². The highest BCUT2D eigenvalue weighted by molar-refractivity contribution is 6.22. The van der Waals surface area contributed by atoms with Crippen LogP contribution in [0.5, 0.6) is 0 Å². The van der Waals surface area contributed by atoms with Gasteiger partial charge in [-0.1, -0.05) is 31.9 Å². The summed E-state index contributed by atoms with van der Waals surface area (Å²) in [6, 6.07) is 4.42. The molecule has 0 unspecified atom stereocenters. The van der Waals surface area contributed by atoms with Gasteiger partial charge in [-0.15, -0.1) is 0 Å². The van der Waals surface area contributed by atoms with Gasteiger partial charge in [-0.3, -0.25) is 24.6 Å². The predicted octanol–water partition coefficient (Wildman–Crippen LogP) is 1.62. The average molecular weight is 415 g/mol. The second-order valence-electron chi connectivity index (χ2n) is 7.70. The number of ether oxygens (including phenoxy) is 1. The zero-order valence-corrected chi connectivity index (χ0v) is 17.0. The van der Waals surface area contributed by atoms with Gasteiger partial charge in [0.2, 0.25) is 0 Å². The molecule has 1 saturated carbocycles. The highest BCUT2D eigenvalue weighted by Crippen LogP contribution is 2.25. The van der Waals surface area contributed by atoms with Crippen LogP contribution < -0.4 is 10.6 Å². The molecule has 0 spiro atoms. The van der Waals surface area contributed by atoms with E-state index in [-0.39, 0.29) is 17.2 Å². The van der Waals surface area contributed by atoms with Crippen LogP contribution in [-0.2, 0) is 14.3 Å². The molecule has 9 heteroatoms. The normalized spacial score (nSPS) is 21.6. The number of carbonyl (C=O) groups excluding carboxylic acids is 5. The Bertz CT molecular complexity index is 848. The van der Waals surface area contributed by atoms with E-state index in [0.717, 1.165) is 30.6 Å². The Labute approximate surface area is 174 Å². The number of hydrogen-bond acceptors (Lipinski definition) is 6.